The van der Waals surface area contributed by atoms with Gasteiger partial charge in [-0.05, 0) is 77.2 Å². The Hall–Kier alpha value is -5.74. The van der Waals surface area contributed by atoms with Gasteiger partial charge in [0.2, 0.25) is 0 Å². The van der Waals surface area contributed by atoms with Crippen molar-refractivity contribution < 1.29 is 0 Å². The number of benzene rings is 5. The lowest BCUT2D eigenvalue weighted by atomic mass is 10.00. The van der Waals surface area contributed by atoms with Crippen molar-refractivity contribution in [2.24, 2.45) is 0 Å². The molecule has 10 rings (SSSR count). The van der Waals surface area contributed by atoms with Crippen molar-refractivity contribution in [3.05, 3.63) is 134 Å². The van der Waals surface area contributed by atoms with Gasteiger partial charge in [-0.25, -0.2) is 0 Å². The van der Waals surface area contributed by atoms with Crippen LogP contribution in [0.25, 0.3) is 87.7 Å². The van der Waals surface area contributed by atoms with Crippen LogP contribution < -0.4 is 0 Å². The van der Waals surface area contributed by atoms with Crippen LogP contribution in [-0.2, 0) is 0 Å². The first kappa shape index (κ1) is 22.0. The molecule has 4 nitrogen and oxygen atoms in total. The van der Waals surface area contributed by atoms with Gasteiger partial charge in [0.25, 0.3) is 0 Å². The van der Waals surface area contributed by atoms with Crippen molar-refractivity contribution in [2.75, 3.05) is 0 Å². The first-order valence-corrected chi connectivity index (χ1v) is 14.3. The van der Waals surface area contributed by atoms with Crippen molar-refractivity contribution in [3.63, 3.8) is 0 Å². The van der Waals surface area contributed by atoms with E-state index in [0.29, 0.717) is 0 Å². The van der Waals surface area contributed by atoms with E-state index < -0.39 is 0 Å². The van der Waals surface area contributed by atoms with Crippen LogP contribution >= 0.6 is 0 Å². The van der Waals surface area contributed by atoms with Gasteiger partial charge in [0.15, 0.2) is 0 Å². The number of pyridine rings is 3. The van der Waals surface area contributed by atoms with Crippen molar-refractivity contribution in [3.8, 4) is 16.8 Å². The van der Waals surface area contributed by atoms with E-state index in [1.165, 1.54) is 71.2 Å². The summed E-state index contributed by atoms with van der Waals surface area (Å²) in [6.07, 6.45) is 3.75. The number of nitrogens with zero attached hydrogens (tertiary/aromatic N) is 4. The van der Waals surface area contributed by atoms with Crippen LogP contribution in [0.15, 0.2) is 134 Å². The van der Waals surface area contributed by atoms with E-state index in [2.05, 4.69) is 124 Å². The zero-order chi connectivity index (χ0) is 27.4. The Morgan fingerprint density at radius 3 is 2.05 bits per heavy atom. The minimum Gasteiger partial charge on any atom is -0.309 e. The molecule has 0 N–H and O–H groups in total. The Labute approximate surface area is 240 Å². The fourth-order valence-electron chi connectivity index (χ4n) is 7.14. The van der Waals surface area contributed by atoms with Crippen molar-refractivity contribution in [1.29, 1.82) is 0 Å². The van der Waals surface area contributed by atoms with E-state index in [9.17, 15) is 0 Å². The lowest BCUT2D eigenvalue weighted by Crippen LogP contribution is -1.95. The van der Waals surface area contributed by atoms with Crippen LogP contribution in [0.4, 0.5) is 0 Å². The second-order valence-corrected chi connectivity index (χ2v) is 11.1. The molecule has 0 spiro atoms. The summed E-state index contributed by atoms with van der Waals surface area (Å²) < 4.78 is 4.74. The third-order valence-electron chi connectivity index (χ3n) is 8.93. The molecule has 0 unspecified atom stereocenters. The number of aromatic nitrogens is 4. The topological polar surface area (TPSA) is 35.1 Å². The van der Waals surface area contributed by atoms with Crippen molar-refractivity contribution >= 4 is 70.9 Å². The van der Waals surface area contributed by atoms with E-state index in [1.807, 2.05) is 18.5 Å². The molecule has 0 amide bonds. The molecule has 194 valence electrons. The highest BCUT2D eigenvalue weighted by Gasteiger charge is 2.20. The molecule has 0 aliphatic heterocycles. The molecule has 0 fully saturated rings. The molecule has 0 saturated carbocycles. The summed E-state index contributed by atoms with van der Waals surface area (Å²) in [6.45, 7) is 0. The van der Waals surface area contributed by atoms with Crippen LogP contribution in [0.2, 0.25) is 0 Å². The van der Waals surface area contributed by atoms with Crippen LogP contribution in [0.3, 0.4) is 0 Å². The predicted molar refractivity (Wildman–Crippen MR) is 174 cm³/mol. The molecule has 4 heteroatoms. The number of hydrogen-bond acceptors (Lipinski definition) is 2. The highest BCUT2D eigenvalue weighted by atomic mass is 15.0. The fraction of sp³-hybridized carbons (Fsp3) is 0. The average molecular weight is 535 g/mol. The molecule has 0 aliphatic carbocycles. The zero-order valence-corrected chi connectivity index (χ0v) is 22.5. The molecule has 42 heavy (non-hydrogen) atoms. The molecule has 0 atom stereocenters. The van der Waals surface area contributed by atoms with Gasteiger partial charge in [-0.1, -0.05) is 60.7 Å². The Morgan fingerprint density at radius 1 is 0.452 bits per heavy atom. The average Bonchev–Trinajstić information content (AvgIpc) is 3.57. The lowest BCUT2D eigenvalue weighted by Gasteiger charge is -2.11. The van der Waals surface area contributed by atoms with Crippen LogP contribution in [-0.4, -0.2) is 18.9 Å². The number of fused-ring (bicyclic) bond motifs is 9. The number of hydrogen-bond donors (Lipinski definition) is 0. The van der Waals surface area contributed by atoms with Gasteiger partial charge in [0, 0.05) is 45.0 Å². The summed E-state index contributed by atoms with van der Waals surface area (Å²) in [5, 5.41) is 7.36. The highest BCUT2D eigenvalue weighted by Crippen LogP contribution is 2.41. The van der Waals surface area contributed by atoms with E-state index in [4.69, 9.17) is 9.97 Å². The van der Waals surface area contributed by atoms with Gasteiger partial charge in [-0.2, -0.15) is 0 Å². The fourth-order valence-corrected chi connectivity index (χ4v) is 7.14. The first-order valence-electron chi connectivity index (χ1n) is 14.3. The quantitative estimate of drug-likeness (QED) is 0.163. The maximum Gasteiger partial charge on any atom is 0.113 e. The molecule has 10 aromatic rings. The van der Waals surface area contributed by atoms with E-state index in [1.54, 1.807) is 0 Å². The Morgan fingerprint density at radius 2 is 1.17 bits per heavy atom. The highest BCUT2D eigenvalue weighted by molar-refractivity contribution is 6.27. The normalized spacial score (nSPS) is 12.3. The van der Waals surface area contributed by atoms with Gasteiger partial charge >= 0.3 is 0 Å². The third-order valence-corrected chi connectivity index (χ3v) is 8.93. The number of para-hydroxylation sites is 2. The number of rotatable bonds is 2. The second-order valence-electron chi connectivity index (χ2n) is 11.1. The van der Waals surface area contributed by atoms with Crippen molar-refractivity contribution in [2.45, 2.75) is 0 Å². The molecule has 5 aromatic heterocycles. The molecule has 0 saturated heterocycles. The zero-order valence-electron chi connectivity index (χ0n) is 22.5. The molecular weight excluding hydrogens is 512 g/mol. The molecule has 0 aliphatic rings. The van der Waals surface area contributed by atoms with Crippen molar-refractivity contribution in [1.82, 2.24) is 18.9 Å². The first-order chi connectivity index (χ1) is 20.8. The Kier molecular flexibility index (Phi) is 4.15. The minimum absolute atomic E-state index is 0.935. The molecule has 5 heterocycles. The standard InChI is InChI=1S/C38H22N4/c1-2-7-26(8-3-1)41-31-10-5-4-9-27(31)29-21-24(13-16-32(29)41)25-14-17-33-30(22-25)28-15-12-23-18-20-40-37-35(23)38(28)42(33)34-11-6-19-39-36(34)37/h1-22H. The molecular formula is C38H22N4. The molecule has 0 radical (unpaired) electrons. The van der Waals surface area contributed by atoms with Crippen LogP contribution in [0.1, 0.15) is 0 Å². The summed E-state index contributed by atoms with van der Waals surface area (Å²) in [5.74, 6) is 0. The van der Waals surface area contributed by atoms with Crippen LogP contribution in [0, 0.1) is 0 Å². The smallest absolute Gasteiger partial charge is 0.113 e. The lowest BCUT2D eigenvalue weighted by molar-refractivity contribution is 1.18. The Balaban J connectivity index is 1.27. The van der Waals surface area contributed by atoms with E-state index in [-0.39, 0.29) is 0 Å². The Bertz CT molecular complexity index is 2660. The molecule has 5 aromatic carbocycles. The van der Waals surface area contributed by atoms with Gasteiger partial charge in [0.05, 0.1) is 27.6 Å². The summed E-state index contributed by atoms with van der Waals surface area (Å²) in [7, 11) is 0. The van der Waals surface area contributed by atoms with Gasteiger partial charge < -0.3 is 8.97 Å². The summed E-state index contributed by atoms with van der Waals surface area (Å²) in [4.78, 5) is 9.57. The maximum atomic E-state index is 4.80. The SMILES string of the molecule is c1ccc(-n2c3ccccc3c3cc(-c4ccc5c(c4)c4ccc6ccnc7c8ncccc8n5c4c67)ccc32)cc1. The van der Waals surface area contributed by atoms with E-state index >= 15 is 0 Å². The molecule has 0 bridgehead atoms. The predicted octanol–water partition coefficient (Wildman–Crippen LogP) is 9.54. The van der Waals surface area contributed by atoms with Gasteiger partial charge in [0.1, 0.15) is 11.0 Å². The minimum atomic E-state index is 0.935. The second kappa shape index (κ2) is 7.93. The van der Waals surface area contributed by atoms with Crippen LogP contribution in [0.5, 0.6) is 0 Å². The summed E-state index contributed by atoms with van der Waals surface area (Å²) >= 11 is 0. The maximum absolute atomic E-state index is 4.80. The van der Waals surface area contributed by atoms with E-state index in [0.717, 1.165) is 16.6 Å². The summed E-state index contributed by atoms with van der Waals surface area (Å²) in [5.41, 5.74) is 11.4. The summed E-state index contributed by atoms with van der Waals surface area (Å²) in [6, 6.07) is 43.8. The largest absolute Gasteiger partial charge is 0.309 e. The van der Waals surface area contributed by atoms with Gasteiger partial charge in [-0.3, -0.25) is 9.97 Å². The third kappa shape index (κ3) is 2.76. The van der Waals surface area contributed by atoms with Gasteiger partial charge in [-0.15, -0.1) is 0 Å². The monoisotopic (exact) mass is 534 g/mol.